The molecule has 0 radical (unpaired) electrons. The number of carbonyl (C=O) groups excluding carboxylic acids is 2. The van der Waals surface area contributed by atoms with Crippen molar-refractivity contribution in [3.05, 3.63) is 0 Å². The summed E-state index contributed by atoms with van der Waals surface area (Å²) in [5.41, 5.74) is 0. The lowest BCUT2D eigenvalue weighted by atomic mass is 9.97. The summed E-state index contributed by atoms with van der Waals surface area (Å²) in [6.07, 6.45) is 5.89. The fourth-order valence-corrected chi connectivity index (χ4v) is 3.37. The molecule has 0 aromatic carbocycles. The highest BCUT2D eigenvalue weighted by molar-refractivity contribution is 5.89. The predicted molar refractivity (Wildman–Crippen MR) is 74.6 cm³/mol. The predicted octanol–water partition coefficient (Wildman–Crippen LogP) is 2.04. The lowest BCUT2D eigenvalue weighted by Gasteiger charge is -2.36. The summed E-state index contributed by atoms with van der Waals surface area (Å²) in [4.78, 5) is 28.4. The number of amides is 2. The Hall–Kier alpha value is -1.06. The number of rotatable bonds is 4. The van der Waals surface area contributed by atoms with Gasteiger partial charge in [-0.3, -0.25) is 9.59 Å². The third-order valence-corrected chi connectivity index (χ3v) is 4.44. The molecule has 2 amide bonds. The summed E-state index contributed by atoms with van der Waals surface area (Å²) in [5.74, 6) is 0.287. The molecule has 0 N–H and O–H groups in total. The summed E-state index contributed by atoms with van der Waals surface area (Å²) < 4.78 is 0. The van der Waals surface area contributed by atoms with Gasteiger partial charge in [-0.15, -0.1) is 0 Å². The zero-order valence-electron chi connectivity index (χ0n) is 12.2. The molecule has 0 bridgehead atoms. The van der Waals surface area contributed by atoms with Gasteiger partial charge < -0.3 is 9.80 Å². The van der Waals surface area contributed by atoms with Gasteiger partial charge in [-0.2, -0.15) is 0 Å². The van der Waals surface area contributed by atoms with E-state index in [-0.39, 0.29) is 17.7 Å². The van der Waals surface area contributed by atoms with Crippen LogP contribution in [-0.2, 0) is 9.59 Å². The van der Waals surface area contributed by atoms with Crippen LogP contribution in [0.25, 0.3) is 0 Å². The molecule has 4 nitrogen and oxygen atoms in total. The van der Waals surface area contributed by atoms with Gasteiger partial charge in [-0.05, 0) is 32.1 Å². The first-order valence-electron chi connectivity index (χ1n) is 7.75. The Morgan fingerprint density at radius 3 is 2.79 bits per heavy atom. The minimum absolute atomic E-state index is 0.0915. The summed E-state index contributed by atoms with van der Waals surface area (Å²) in [6, 6.07) is 0.400. The van der Waals surface area contributed by atoms with Crippen LogP contribution in [0.2, 0.25) is 0 Å². The maximum absolute atomic E-state index is 12.6. The highest BCUT2D eigenvalue weighted by atomic mass is 16.2. The van der Waals surface area contributed by atoms with Crippen LogP contribution in [0.4, 0.5) is 0 Å². The fraction of sp³-hybridized carbons (Fsp3) is 0.867. The van der Waals surface area contributed by atoms with Crippen molar-refractivity contribution < 1.29 is 9.59 Å². The highest BCUT2D eigenvalue weighted by Gasteiger charge is 2.38. The Balaban J connectivity index is 1.98. The van der Waals surface area contributed by atoms with E-state index in [1.54, 1.807) is 0 Å². The molecular weight excluding hydrogens is 240 g/mol. The largest absolute Gasteiger partial charge is 0.342 e. The van der Waals surface area contributed by atoms with E-state index in [2.05, 4.69) is 18.7 Å². The van der Waals surface area contributed by atoms with Crippen LogP contribution in [0.15, 0.2) is 0 Å². The Morgan fingerprint density at radius 2 is 2.11 bits per heavy atom. The van der Waals surface area contributed by atoms with E-state index in [1.165, 1.54) is 6.42 Å². The fourth-order valence-electron chi connectivity index (χ4n) is 3.37. The number of carbonyl (C=O) groups is 2. The van der Waals surface area contributed by atoms with Crippen molar-refractivity contribution in [2.75, 3.05) is 19.6 Å². The normalized spacial score (nSPS) is 28.0. The molecule has 19 heavy (non-hydrogen) atoms. The Labute approximate surface area is 116 Å². The third kappa shape index (κ3) is 3.10. The van der Waals surface area contributed by atoms with Crippen LogP contribution in [0, 0.1) is 5.92 Å². The average Bonchev–Trinajstić information content (AvgIpc) is 2.80. The molecule has 2 aliphatic heterocycles. The maximum atomic E-state index is 12.6. The van der Waals surface area contributed by atoms with E-state index in [0.717, 1.165) is 38.8 Å². The number of nitrogens with zero attached hydrogens (tertiary/aromatic N) is 2. The minimum atomic E-state index is -0.0915. The Kier molecular flexibility index (Phi) is 4.83. The molecule has 0 spiro atoms. The van der Waals surface area contributed by atoms with Gasteiger partial charge in [0.25, 0.3) is 0 Å². The van der Waals surface area contributed by atoms with Crippen LogP contribution < -0.4 is 0 Å². The van der Waals surface area contributed by atoms with Crippen molar-refractivity contribution in [2.45, 2.75) is 58.4 Å². The Morgan fingerprint density at radius 1 is 1.32 bits per heavy atom. The van der Waals surface area contributed by atoms with Crippen molar-refractivity contribution in [1.82, 2.24) is 9.80 Å². The number of hydrogen-bond donors (Lipinski definition) is 0. The smallest absolute Gasteiger partial charge is 0.228 e. The van der Waals surface area contributed by atoms with E-state index in [1.807, 2.05) is 4.90 Å². The van der Waals surface area contributed by atoms with E-state index in [0.29, 0.717) is 19.0 Å². The molecule has 2 saturated heterocycles. The molecule has 2 rings (SSSR count). The van der Waals surface area contributed by atoms with Gasteiger partial charge in [0.15, 0.2) is 0 Å². The lowest BCUT2D eigenvalue weighted by Crippen LogP contribution is -2.46. The molecule has 0 aromatic rings. The molecule has 2 aliphatic rings. The van der Waals surface area contributed by atoms with Gasteiger partial charge >= 0.3 is 0 Å². The molecular formula is C15H26N2O2. The van der Waals surface area contributed by atoms with Gasteiger partial charge in [0.2, 0.25) is 11.8 Å². The zero-order chi connectivity index (χ0) is 13.8. The molecule has 0 aliphatic carbocycles. The summed E-state index contributed by atoms with van der Waals surface area (Å²) in [6.45, 7) is 6.54. The molecule has 4 heteroatoms. The van der Waals surface area contributed by atoms with Crippen molar-refractivity contribution in [3.8, 4) is 0 Å². The number of hydrogen-bond acceptors (Lipinski definition) is 2. The maximum Gasteiger partial charge on any atom is 0.228 e. The van der Waals surface area contributed by atoms with E-state index in [9.17, 15) is 9.59 Å². The van der Waals surface area contributed by atoms with Gasteiger partial charge in [-0.1, -0.05) is 13.8 Å². The molecule has 2 atom stereocenters. The molecule has 2 fully saturated rings. The monoisotopic (exact) mass is 266 g/mol. The molecule has 2 heterocycles. The van der Waals surface area contributed by atoms with Crippen LogP contribution >= 0.6 is 0 Å². The first-order chi connectivity index (χ1) is 9.17. The summed E-state index contributed by atoms with van der Waals surface area (Å²) in [7, 11) is 0. The van der Waals surface area contributed by atoms with Crippen molar-refractivity contribution in [3.63, 3.8) is 0 Å². The first-order valence-corrected chi connectivity index (χ1v) is 7.75. The van der Waals surface area contributed by atoms with Gasteiger partial charge in [-0.25, -0.2) is 0 Å². The second-order valence-electron chi connectivity index (χ2n) is 5.83. The number of piperidine rings is 1. The summed E-state index contributed by atoms with van der Waals surface area (Å²) >= 11 is 0. The van der Waals surface area contributed by atoms with Crippen LogP contribution in [0.1, 0.15) is 52.4 Å². The highest BCUT2D eigenvalue weighted by Crippen LogP contribution is 2.26. The SMILES string of the molecule is CCCN1C[C@@H](C(=O)N2CCCC[C@@H]2CC)CC1=O. The Bertz CT molecular complexity index is 343. The van der Waals surface area contributed by atoms with E-state index in [4.69, 9.17) is 0 Å². The molecule has 0 saturated carbocycles. The lowest BCUT2D eigenvalue weighted by molar-refractivity contribution is -0.139. The van der Waals surface area contributed by atoms with Crippen LogP contribution in [0.3, 0.4) is 0 Å². The van der Waals surface area contributed by atoms with Crippen molar-refractivity contribution in [2.24, 2.45) is 5.92 Å². The topological polar surface area (TPSA) is 40.6 Å². The second kappa shape index (κ2) is 6.40. The standard InChI is InChI=1S/C15H26N2O2/c1-3-8-16-11-12(10-14(16)18)15(19)17-9-6-5-7-13(17)4-2/h12-13H,3-11H2,1-2H3/t12-,13-/m0/s1. The first kappa shape index (κ1) is 14.4. The van der Waals surface area contributed by atoms with E-state index < -0.39 is 0 Å². The minimum Gasteiger partial charge on any atom is -0.342 e. The van der Waals surface area contributed by atoms with E-state index >= 15 is 0 Å². The van der Waals surface area contributed by atoms with Crippen LogP contribution in [0.5, 0.6) is 0 Å². The third-order valence-electron chi connectivity index (χ3n) is 4.44. The molecule has 0 unspecified atom stereocenters. The van der Waals surface area contributed by atoms with Crippen molar-refractivity contribution >= 4 is 11.8 Å². The summed E-state index contributed by atoms with van der Waals surface area (Å²) in [5, 5.41) is 0. The van der Waals surface area contributed by atoms with Gasteiger partial charge in [0.1, 0.15) is 0 Å². The molecule has 0 aromatic heterocycles. The zero-order valence-corrected chi connectivity index (χ0v) is 12.2. The quantitative estimate of drug-likeness (QED) is 0.781. The van der Waals surface area contributed by atoms with Gasteiger partial charge in [0.05, 0.1) is 5.92 Å². The second-order valence-corrected chi connectivity index (χ2v) is 5.83. The number of likely N-dealkylation sites (tertiary alicyclic amines) is 2. The van der Waals surface area contributed by atoms with Gasteiger partial charge in [0, 0.05) is 32.1 Å². The van der Waals surface area contributed by atoms with Crippen molar-refractivity contribution in [1.29, 1.82) is 0 Å². The van der Waals surface area contributed by atoms with Crippen LogP contribution in [-0.4, -0.2) is 47.3 Å². The molecule has 108 valence electrons. The average molecular weight is 266 g/mol.